The van der Waals surface area contributed by atoms with Gasteiger partial charge in [-0.2, -0.15) is 10.2 Å². The van der Waals surface area contributed by atoms with E-state index in [-0.39, 0.29) is 11.8 Å². The monoisotopic (exact) mass is 884 g/mol. The quantitative estimate of drug-likeness (QED) is 0.137. The number of nitrogens with zero attached hydrogens (tertiary/aromatic N) is 6. The first-order chi connectivity index (χ1) is 30.5. The lowest BCUT2D eigenvalue weighted by atomic mass is 10.1. The standard InChI is InChI=1S/C48H32N6O4S4/c55-45-41(31-39-26-14-28-57-39)59-47(51(45)35-18-5-1-6-19-35)53(37-22-9-3-10-23-37)49-43(61-47)33-16-13-17-34(30-33)44-50-54(38-24-11-4-12-25-38)48(62-44)52(36-20-7-2-8-21-36)46(56)42(60-48)32-40-27-15-29-58-40/h1-32H/b41-31+,42-32+. The van der Waals surface area contributed by atoms with Crippen molar-refractivity contribution in [2.45, 2.75) is 8.65 Å². The molecule has 10 nitrogen and oxygen atoms in total. The molecule has 2 saturated heterocycles. The molecule has 6 heterocycles. The molecule has 302 valence electrons. The second kappa shape index (κ2) is 15.7. The third kappa shape index (κ3) is 6.57. The molecule has 0 saturated carbocycles. The van der Waals surface area contributed by atoms with E-state index in [9.17, 15) is 9.59 Å². The second-order valence-corrected chi connectivity index (χ2v) is 19.5. The highest BCUT2D eigenvalue weighted by Crippen LogP contribution is 2.61. The van der Waals surface area contributed by atoms with Crippen LogP contribution in [0.25, 0.3) is 12.2 Å². The second-order valence-electron chi connectivity index (χ2n) is 14.2. The van der Waals surface area contributed by atoms with Crippen molar-refractivity contribution in [1.29, 1.82) is 0 Å². The minimum Gasteiger partial charge on any atom is -0.465 e. The number of carbonyl (C=O) groups is 2. The summed E-state index contributed by atoms with van der Waals surface area (Å²) in [5, 5.41) is 16.0. The fraction of sp³-hybridized carbons (Fsp3) is 0.0417. The van der Waals surface area contributed by atoms with Gasteiger partial charge in [0.25, 0.3) is 11.8 Å². The fourth-order valence-corrected chi connectivity index (χ4v) is 13.5. The van der Waals surface area contributed by atoms with Crippen LogP contribution >= 0.6 is 47.0 Å². The molecule has 2 amide bonds. The molecule has 2 unspecified atom stereocenters. The van der Waals surface area contributed by atoms with E-state index in [4.69, 9.17) is 19.0 Å². The summed E-state index contributed by atoms with van der Waals surface area (Å²) in [5.41, 5.74) is 4.82. The molecule has 0 N–H and O–H groups in total. The minimum absolute atomic E-state index is 0.161. The lowest BCUT2D eigenvalue weighted by Crippen LogP contribution is -2.51. The SMILES string of the molecule is O=C1/C(=C\c2ccco2)SC2(SC(c3cccc(C4=NN(c5ccccc5)C5(S4)S/C(=C/c4ccco4)C(=O)N5c4ccccc4)c3)=NN2c2ccccc2)N1c1ccccc1. The van der Waals surface area contributed by atoms with E-state index in [1.807, 2.05) is 184 Å². The Hall–Kier alpha value is -6.58. The van der Waals surface area contributed by atoms with Crippen molar-refractivity contribution >= 4 is 104 Å². The van der Waals surface area contributed by atoms with Gasteiger partial charge in [-0.25, -0.2) is 10.0 Å². The zero-order valence-corrected chi connectivity index (χ0v) is 35.7. The van der Waals surface area contributed by atoms with Crippen molar-refractivity contribution in [2.75, 3.05) is 19.8 Å². The maximum atomic E-state index is 14.6. The molecule has 0 radical (unpaired) electrons. The Bertz CT molecular complexity index is 2730. The molecule has 2 fully saturated rings. The molecule has 7 aromatic rings. The van der Waals surface area contributed by atoms with Crippen LogP contribution in [0.2, 0.25) is 0 Å². The van der Waals surface area contributed by atoms with Crippen LogP contribution in [0.3, 0.4) is 0 Å². The fourth-order valence-electron chi connectivity index (χ4n) is 7.54. The summed E-state index contributed by atoms with van der Waals surface area (Å²) >= 11 is 5.89. The van der Waals surface area contributed by atoms with Crippen LogP contribution in [0.5, 0.6) is 0 Å². The van der Waals surface area contributed by atoms with Gasteiger partial charge in [0, 0.05) is 34.7 Å². The van der Waals surface area contributed by atoms with E-state index in [0.29, 0.717) is 21.3 Å². The summed E-state index contributed by atoms with van der Waals surface area (Å²) in [6.07, 6.45) is 6.79. The topological polar surface area (TPSA) is 98.1 Å². The Morgan fingerprint density at radius 1 is 0.435 bits per heavy atom. The highest BCUT2D eigenvalue weighted by atomic mass is 32.2. The van der Waals surface area contributed by atoms with Gasteiger partial charge < -0.3 is 8.83 Å². The molecule has 11 rings (SSSR count). The molecule has 0 aliphatic carbocycles. The first kappa shape index (κ1) is 38.3. The molecule has 2 aromatic heterocycles. The summed E-state index contributed by atoms with van der Waals surface area (Å²) in [5.74, 6) is 0.850. The van der Waals surface area contributed by atoms with Crippen molar-refractivity contribution in [1.82, 2.24) is 0 Å². The number of hydrogen-bond acceptors (Lipinski definition) is 12. The van der Waals surface area contributed by atoms with Gasteiger partial charge in [0.05, 0.1) is 33.7 Å². The number of anilines is 4. The van der Waals surface area contributed by atoms with E-state index in [0.717, 1.165) is 44.0 Å². The van der Waals surface area contributed by atoms with Gasteiger partial charge in [-0.3, -0.25) is 19.4 Å². The Kier molecular flexibility index (Phi) is 9.72. The van der Waals surface area contributed by atoms with Gasteiger partial charge in [0.2, 0.25) is 8.65 Å². The van der Waals surface area contributed by atoms with Crippen molar-refractivity contribution in [2.24, 2.45) is 10.2 Å². The molecule has 2 atom stereocenters. The summed E-state index contributed by atoms with van der Waals surface area (Å²) in [6, 6.07) is 54.7. The molecule has 4 aliphatic heterocycles. The third-order valence-corrected chi connectivity index (χ3v) is 15.8. The molecule has 2 spiro atoms. The Labute approximate surface area is 373 Å². The first-order valence-electron chi connectivity index (χ1n) is 19.5. The van der Waals surface area contributed by atoms with Crippen LogP contribution in [0.4, 0.5) is 22.7 Å². The Balaban J connectivity index is 1.01. The molecule has 4 aliphatic rings. The predicted octanol–water partition coefficient (Wildman–Crippen LogP) is 11.6. The van der Waals surface area contributed by atoms with Crippen LogP contribution in [-0.4, -0.2) is 30.6 Å². The van der Waals surface area contributed by atoms with Gasteiger partial charge in [-0.1, -0.05) is 115 Å². The number of thioether (sulfide) groups is 4. The molecule has 0 bridgehead atoms. The van der Waals surface area contributed by atoms with Gasteiger partial charge in [-0.15, -0.1) is 0 Å². The summed E-state index contributed by atoms with van der Waals surface area (Å²) in [7, 11) is 0. The van der Waals surface area contributed by atoms with E-state index in [1.54, 1.807) is 24.7 Å². The normalized spacial score (nSPS) is 22.3. The Morgan fingerprint density at radius 2 is 0.823 bits per heavy atom. The average molecular weight is 885 g/mol. The molecular weight excluding hydrogens is 853 g/mol. The van der Waals surface area contributed by atoms with E-state index in [1.165, 1.54) is 47.0 Å². The largest absolute Gasteiger partial charge is 0.465 e. The number of furan rings is 2. The van der Waals surface area contributed by atoms with Crippen molar-refractivity contribution in [3.05, 3.63) is 215 Å². The van der Waals surface area contributed by atoms with Gasteiger partial charge in [-0.05, 0) is 102 Å². The first-order valence-corrected chi connectivity index (χ1v) is 22.8. The summed E-state index contributed by atoms with van der Waals surface area (Å²) in [6.45, 7) is 0. The molecule has 62 heavy (non-hydrogen) atoms. The van der Waals surface area contributed by atoms with Crippen LogP contribution in [0, 0.1) is 0 Å². The highest BCUT2D eigenvalue weighted by Gasteiger charge is 2.61. The van der Waals surface area contributed by atoms with Crippen LogP contribution in [-0.2, 0) is 9.59 Å². The maximum absolute atomic E-state index is 14.6. The van der Waals surface area contributed by atoms with Crippen LogP contribution < -0.4 is 19.8 Å². The average Bonchev–Trinajstić information content (AvgIpc) is 4.20. The van der Waals surface area contributed by atoms with E-state index in [2.05, 4.69) is 6.07 Å². The maximum Gasteiger partial charge on any atom is 0.268 e. The van der Waals surface area contributed by atoms with Crippen molar-refractivity contribution in [3.8, 4) is 0 Å². The zero-order chi connectivity index (χ0) is 41.7. The predicted molar refractivity (Wildman–Crippen MR) is 254 cm³/mol. The Morgan fingerprint density at radius 3 is 1.19 bits per heavy atom. The number of benzene rings is 5. The lowest BCUT2D eigenvalue weighted by Gasteiger charge is -2.38. The smallest absolute Gasteiger partial charge is 0.268 e. The highest BCUT2D eigenvalue weighted by molar-refractivity contribution is 8.29. The van der Waals surface area contributed by atoms with E-state index < -0.39 is 8.65 Å². The molecule has 5 aromatic carbocycles. The van der Waals surface area contributed by atoms with Crippen LogP contribution in [0.15, 0.2) is 211 Å². The minimum atomic E-state index is -1.06. The molecular formula is C48H32N6O4S4. The summed E-state index contributed by atoms with van der Waals surface area (Å²) in [4.78, 5) is 33.9. The number of para-hydroxylation sites is 4. The lowest BCUT2D eigenvalue weighted by molar-refractivity contribution is -0.115. The number of hydrogen-bond donors (Lipinski definition) is 0. The van der Waals surface area contributed by atoms with Crippen LogP contribution in [0.1, 0.15) is 22.6 Å². The third-order valence-electron chi connectivity index (χ3n) is 10.3. The number of carbonyl (C=O) groups excluding carboxylic acids is 2. The van der Waals surface area contributed by atoms with Crippen molar-refractivity contribution in [3.63, 3.8) is 0 Å². The van der Waals surface area contributed by atoms with E-state index >= 15 is 0 Å². The molecule has 14 heteroatoms. The van der Waals surface area contributed by atoms with Gasteiger partial charge in [0.1, 0.15) is 21.6 Å². The van der Waals surface area contributed by atoms with Crippen molar-refractivity contribution < 1.29 is 18.4 Å². The van der Waals surface area contributed by atoms with Gasteiger partial charge >= 0.3 is 0 Å². The number of amides is 2. The summed E-state index contributed by atoms with van der Waals surface area (Å²) < 4.78 is 9.23. The van der Waals surface area contributed by atoms with Gasteiger partial charge in [0.15, 0.2) is 0 Å². The number of hydrazone groups is 2. The number of rotatable bonds is 8. The zero-order valence-electron chi connectivity index (χ0n) is 32.4.